The van der Waals surface area contributed by atoms with E-state index in [-0.39, 0.29) is 23.1 Å². The molecule has 0 atom stereocenters. The smallest absolute Gasteiger partial charge is 0.312 e. The average Bonchev–Trinajstić information content (AvgIpc) is 1.81. The number of nitrogens with one attached hydrogen (secondary N) is 1. The Labute approximate surface area is 81.5 Å². The van der Waals surface area contributed by atoms with Crippen molar-refractivity contribution in [3.63, 3.8) is 0 Å². The largest absolute Gasteiger partial charge is 0.441 e. The first-order valence-corrected chi connectivity index (χ1v) is 5.15. The normalized spacial score (nSPS) is 13.4. The quantitative estimate of drug-likeness (QED) is 0.723. The molecule has 0 unspecified atom stereocenters. The van der Waals surface area contributed by atoms with Crippen LogP contribution in [0.15, 0.2) is 0 Å². The van der Waals surface area contributed by atoms with Gasteiger partial charge in [-0.25, -0.2) is 0 Å². The van der Waals surface area contributed by atoms with Crippen molar-refractivity contribution in [3.8, 4) is 0 Å². The monoisotopic (exact) mass is 215 g/mol. The minimum Gasteiger partial charge on any atom is -0.312 e. The average molecular weight is 215 g/mol. The van der Waals surface area contributed by atoms with Crippen LogP contribution in [0.4, 0.5) is 13.2 Å². The molecule has 0 aliphatic heterocycles. The highest BCUT2D eigenvalue weighted by molar-refractivity contribution is 8.00. The van der Waals surface area contributed by atoms with Crippen molar-refractivity contribution in [2.45, 2.75) is 38.2 Å². The van der Waals surface area contributed by atoms with Crippen LogP contribution >= 0.6 is 11.8 Å². The molecule has 0 amide bonds. The fourth-order valence-corrected chi connectivity index (χ4v) is 1.24. The summed E-state index contributed by atoms with van der Waals surface area (Å²) in [6.45, 7) is 6.60. The summed E-state index contributed by atoms with van der Waals surface area (Å²) in [7, 11) is 0. The lowest BCUT2D eigenvalue weighted by Crippen LogP contribution is -2.36. The number of alkyl halides is 3. The van der Waals surface area contributed by atoms with Crippen LogP contribution in [0.3, 0.4) is 0 Å². The van der Waals surface area contributed by atoms with Crippen LogP contribution < -0.4 is 5.32 Å². The Morgan fingerprint density at radius 3 is 2.08 bits per heavy atom. The standard InChI is InChI=1S/C8H16F3NS/c1-7(2,3)12-5-4-6-13-8(9,10)11/h12H,4-6H2,1-3H3. The van der Waals surface area contributed by atoms with Crippen LogP contribution in [0.25, 0.3) is 0 Å². The maximum Gasteiger partial charge on any atom is 0.441 e. The molecule has 0 saturated heterocycles. The molecular weight excluding hydrogens is 199 g/mol. The molecule has 0 radical (unpaired) electrons. The third-order valence-corrected chi connectivity index (χ3v) is 2.06. The molecular formula is C8H16F3NS. The van der Waals surface area contributed by atoms with Gasteiger partial charge in [0.25, 0.3) is 0 Å². The van der Waals surface area contributed by atoms with Crippen LogP contribution in [0.2, 0.25) is 0 Å². The molecule has 0 aliphatic carbocycles. The lowest BCUT2D eigenvalue weighted by atomic mass is 10.1. The highest BCUT2D eigenvalue weighted by atomic mass is 32.2. The Hall–Kier alpha value is 0.100. The van der Waals surface area contributed by atoms with Crippen molar-refractivity contribution < 1.29 is 13.2 Å². The van der Waals surface area contributed by atoms with Gasteiger partial charge in [0.1, 0.15) is 0 Å². The molecule has 0 aliphatic rings. The van der Waals surface area contributed by atoms with Gasteiger partial charge in [-0.2, -0.15) is 13.2 Å². The first-order valence-electron chi connectivity index (χ1n) is 4.16. The zero-order chi connectivity index (χ0) is 10.5. The van der Waals surface area contributed by atoms with Gasteiger partial charge in [0.15, 0.2) is 0 Å². The lowest BCUT2D eigenvalue weighted by molar-refractivity contribution is -0.0327. The van der Waals surface area contributed by atoms with Crippen LogP contribution in [0, 0.1) is 0 Å². The van der Waals surface area contributed by atoms with Crippen LogP contribution in [-0.4, -0.2) is 23.3 Å². The summed E-state index contributed by atoms with van der Waals surface area (Å²) in [5.41, 5.74) is -4.09. The molecule has 0 heterocycles. The minimum atomic E-state index is -4.08. The third kappa shape index (κ3) is 12.1. The Bertz CT molecular complexity index is 123. The van der Waals surface area contributed by atoms with Crippen molar-refractivity contribution in [1.82, 2.24) is 5.32 Å². The fraction of sp³-hybridized carbons (Fsp3) is 1.00. The molecule has 0 aromatic heterocycles. The number of hydrogen-bond acceptors (Lipinski definition) is 2. The number of hydrogen-bond donors (Lipinski definition) is 1. The summed E-state index contributed by atoms with van der Waals surface area (Å²) in [5.74, 6) is 0.132. The molecule has 13 heavy (non-hydrogen) atoms. The lowest BCUT2D eigenvalue weighted by Gasteiger charge is -2.20. The SMILES string of the molecule is CC(C)(C)NCCCSC(F)(F)F. The number of thioether (sulfide) groups is 1. The van der Waals surface area contributed by atoms with E-state index >= 15 is 0 Å². The van der Waals surface area contributed by atoms with Crippen molar-refractivity contribution in [3.05, 3.63) is 0 Å². The first-order chi connectivity index (χ1) is 5.71. The van der Waals surface area contributed by atoms with E-state index in [0.717, 1.165) is 0 Å². The van der Waals surface area contributed by atoms with E-state index in [1.807, 2.05) is 20.8 Å². The topological polar surface area (TPSA) is 12.0 Å². The van der Waals surface area contributed by atoms with Gasteiger partial charge in [0.05, 0.1) is 0 Å². The molecule has 1 N–H and O–H groups in total. The van der Waals surface area contributed by atoms with Gasteiger partial charge >= 0.3 is 5.51 Å². The molecule has 5 heteroatoms. The van der Waals surface area contributed by atoms with Crippen LogP contribution in [-0.2, 0) is 0 Å². The van der Waals surface area contributed by atoms with E-state index in [1.165, 1.54) is 0 Å². The van der Waals surface area contributed by atoms with E-state index in [0.29, 0.717) is 13.0 Å². The van der Waals surface area contributed by atoms with E-state index in [9.17, 15) is 13.2 Å². The second kappa shape index (κ2) is 5.10. The fourth-order valence-electron chi connectivity index (χ4n) is 0.723. The summed E-state index contributed by atoms with van der Waals surface area (Å²) in [6.07, 6.45) is 0.543. The van der Waals surface area contributed by atoms with Crippen LogP contribution in [0.1, 0.15) is 27.2 Å². The summed E-state index contributed by atoms with van der Waals surface area (Å²) >= 11 is 0.0441. The molecule has 0 rings (SSSR count). The predicted octanol–water partition coefficient (Wildman–Crippen LogP) is 3.02. The second-order valence-electron chi connectivity index (χ2n) is 3.82. The Morgan fingerprint density at radius 2 is 1.69 bits per heavy atom. The zero-order valence-electron chi connectivity index (χ0n) is 8.16. The molecule has 1 nitrogen and oxygen atoms in total. The van der Waals surface area contributed by atoms with Gasteiger partial charge in [-0.05, 0) is 33.7 Å². The third-order valence-electron chi connectivity index (χ3n) is 1.24. The van der Waals surface area contributed by atoms with Gasteiger partial charge in [0, 0.05) is 11.3 Å². The summed E-state index contributed by atoms with van der Waals surface area (Å²) in [4.78, 5) is 0. The van der Waals surface area contributed by atoms with Crippen molar-refractivity contribution in [2.75, 3.05) is 12.3 Å². The number of rotatable bonds is 4. The molecule has 0 bridgehead atoms. The Morgan fingerprint density at radius 1 is 1.15 bits per heavy atom. The molecule has 80 valence electrons. The summed E-state index contributed by atoms with van der Waals surface area (Å²) in [6, 6.07) is 0. The Kier molecular flexibility index (Phi) is 5.14. The maximum absolute atomic E-state index is 11.7. The summed E-state index contributed by atoms with van der Waals surface area (Å²) in [5, 5.41) is 3.13. The zero-order valence-corrected chi connectivity index (χ0v) is 8.98. The van der Waals surface area contributed by atoms with Crippen molar-refractivity contribution in [1.29, 1.82) is 0 Å². The maximum atomic E-state index is 11.7. The van der Waals surface area contributed by atoms with Gasteiger partial charge in [0.2, 0.25) is 0 Å². The van der Waals surface area contributed by atoms with E-state index in [1.54, 1.807) is 0 Å². The molecule has 0 aromatic rings. The van der Waals surface area contributed by atoms with Gasteiger partial charge < -0.3 is 5.32 Å². The van der Waals surface area contributed by atoms with E-state index in [2.05, 4.69) is 5.32 Å². The molecule has 0 fully saturated rings. The van der Waals surface area contributed by atoms with Gasteiger partial charge in [-0.3, -0.25) is 0 Å². The molecule has 0 saturated carbocycles. The van der Waals surface area contributed by atoms with Gasteiger partial charge in [-0.1, -0.05) is 11.8 Å². The van der Waals surface area contributed by atoms with Crippen molar-refractivity contribution in [2.24, 2.45) is 0 Å². The van der Waals surface area contributed by atoms with E-state index < -0.39 is 5.51 Å². The first kappa shape index (κ1) is 13.1. The minimum absolute atomic E-state index is 0.0110. The predicted molar refractivity (Wildman–Crippen MR) is 50.9 cm³/mol. The van der Waals surface area contributed by atoms with Gasteiger partial charge in [-0.15, -0.1) is 0 Å². The van der Waals surface area contributed by atoms with Crippen LogP contribution in [0.5, 0.6) is 0 Å². The van der Waals surface area contributed by atoms with Crippen molar-refractivity contribution >= 4 is 11.8 Å². The highest BCUT2D eigenvalue weighted by Crippen LogP contribution is 2.30. The summed E-state index contributed by atoms with van der Waals surface area (Å²) < 4.78 is 35.0. The molecule has 0 spiro atoms. The highest BCUT2D eigenvalue weighted by Gasteiger charge is 2.27. The number of halogens is 3. The van der Waals surface area contributed by atoms with E-state index in [4.69, 9.17) is 0 Å². The Balaban J connectivity index is 3.28. The molecule has 0 aromatic carbocycles. The second-order valence-corrected chi connectivity index (χ2v) is 4.98.